The molecule has 0 saturated carbocycles. The topological polar surface area (TPSA) is 45.1 Å². The first kappa shape index (κ1) is 11.5. The number of allylic oxidation sites excluding steroid dienone is 1. The van der Waals surface area contributed by atoms with Crippen molar-refractivity contribution >= 4 is 0 Å². The smallest absolute Gasteiger partial charge is 0.136 e. The highest BCUT2D eigenvalue weighted by molar-refractivity contribution is 5.12. The summed E-state index contributed by atoms with van der Waals surface area (Å²) >= 11 is 0. The Morgan fingerprint density at radius 2 is 2.33 bits per heavy atom. The minimum absolute atomic E-state index is 0.409. The predicted molar refractivity (Wildman–Crippen MR) is 58.3 cm³/mol. The molecule has 0 N–H and O–H groups in total. The summed E-state index contributed by atoms with van der Waals surface area (Å²) in [5.41, 5.74) is 0. The summed E-state index contributed by atoms with van der Waals surface area (Å²) in [6.45, 7) is 2.91. The zero-order chi connectivity index (χ0) is 11.1. The third kappa shape index (κ3) is 3.21. The van der Waals surface area contributed by atoms with E-state index in [4.69, 9.17) is 4.74 Å². The first-order chi connectivity index (χ1) is 7.29. The summed E-state index contributed by atoms with van der Waals surface area (Å²) in [7, 11) is 1.85. The van der Waals surface area contributed by atoms with Crippen LogP contribution in [0.5, 0.6) is 0 Å². The van der Waals surface area contributed by atoms with Crippen LogP contribution in [0.15, 0.2) is 41.7 Å². The van der Waals surface area contributed by atoms with Crippen molar-refractivity contribution in [3.63, 3.8) is 0 Å². The van der Waals surface area contributed by atoms with Crippen LogP contribution >= 0.6 is 0 Å². The van der Waals surface area contributed by atoms with Crippen molar-refractivity contribution in [3.8, 4) is 0 Å². The maximum atomic E-state index is 10.2. The van der Waals surface area contributed by atoms with Gasteiger partial charge in [-0.2, -0.15) is 0 Å². The molecule has 0 spiro atoms. The van der Waals surface area contributed by atoms with E-state index in [2.05, 4.69) is 5.18 Å². The van der Waals surface area contributed by atoms with Crippen LogP contribution in [0, 0.1) is 4.91 Å². The number of rotatable bonds is 5. The molecule has 82 valence electrons. The van der Waals surface area contributed by atoms with Crippen LogP contribution in [-0.2, 0) is 4.74 Å². The van der Waals surface area contributed by atoms with Gasteiger partial charge in [0.25, 0.3) is 0 Å². The van der Waals surface area contributed by atoms with Crippen molar-refractivity contribution in [1.82, 2.24) is 9.80 Å². The highest BCUT2D eigenvalue weighted by Gasteiger charge is 2.16. The van der Waals surface area contributed by atoms with Gasteiger partial charge < -0.3 is 14.5 Å². The number of hydrogen-bond donors (Lipinski definition) is 0. The van der Waals surface area contributed by atoms with Crippen LogP contribution in [0.2, 0.25) is 0 Å². The molecule has 0 aliphatic carbocycles. The monoisotopic (exact) mass is 209 g/mol. The van der Waals surface area contributed by atoms with E-state index in [1.807, 2.05) is 43.4 Å². The number of nitrogens with zero attached hydrogens (tertiary/aromatic N) is 3. The summed E-state index contributed by atoms with van der Waals surface area (Å²) < 4.78 is 5.36. The van der Waals surface area contributed by atoms with Gasteiger partial charge in [0.05, 0.1) is 6.61 Å². The maximum absolute atomic E-state index is 10.2. The first-order valence-corrected chi connectivity index (χ1v) is 4.69. The lowest BCUT2D eigenvalue weighted by atomic mass is 10.5. The second-order valence-electron chi connectivity index (χ2n) is 3.04. The van der Waals surface area contributed by atoms with Crippen molar-refractivity contribution < 1.29 is 4.74 Å². The van der Waals surface area contributed by atoms with Crippen molar-refractivity contribution in [2.24, 2.45) is 5.18 Å². The van der Waals surface area contributed by atoms with Crippen molar-refractivity contribution in [2.45, 2.75) is 6.92 Å². The van der Waals surface area contributed by atoms with Crippen LogP contribution < -0.4 is 0 Å². The Bertz CT molecular complexity index is 297. The summed E-state index contributed by atoms with van der Waals surface area (Å²) in [6.07, 6.45) is 8.79. The van der Waals surface area contributed by atoms with Crippen LogP contribution in [-0.4, -0.2) is 30.2 Å². The van der Waals surface area contributed by atoms with E-state index in [0.717, 1.165) is 0 Å². The van der Waals surface area contributed by atoms with E-state index < -0.39 is 0 Å². The van der Waals surface area contributed by atoms with Crippen LogP contribution in [0.4, 0.5) is 0 Å². The van der Waals surface area contributed by atoms with Gasteiger partial charge in [0, 0.05) is 19.4 Å². The molecule has 1 rings (SSSR count). The van der Waals surface area contributed by atoms with Gasteiger partial charge in [-0.1, -0.05) is 12.2 Å². The minimum Gasteiger partial charge on any atom is -0.357 e. The maximum Gasteiger partial charge on any atom is 0.136 e. The average molecular weight is 209 g/mol. The molecule has 0 bridgehead atoms. The lowest BCUT2D eigenvalue weighted by molar-refractivity contribution is 0.0848. The average Bonchev–Trinajstić information content (AvgIpc) is 2.57. The van der Waals surface area contributed by atoms with Gasteiger partial charge in [-0.25, -0.2) is 0 Å². The van der Waals surface area contributed by atoms with Crippen LogP contribution in [0.3, 0.4) is 0 Å². The summed E-state index contributed by atoms with van der Waals surface area (Å²) in [5.74, 6) is 0.713. The zero-order valence-corrected chi connectivity index (χ0v) is 8.96. The van der Waals surface area contributed by atoms with Crippen molar-refractivity contribution in [1.29, 1.82) is 0 Å². The second kappa shape index (κ2) is 5.98. The van der Waals surface area contributed by atoms with E-state index in [-0.39, 0.29) is 0 Å². The fourth-order valence-electron chi connectivity index (χ4n) is 1.17. The summed E-state index contributed by atoms with van der Waals surface area (Å²) in [4.78, 5) is 13.8. The third-order valence-electron chi connectivity index (χ3n) is 1.97. The van der Waals surface area contributed by atoms with E-state index in [0.29, 0.717) is 19.2 Å². The Hall–Kier alpha value is -1.62. The lowest BCUT2D eigenvalue weighted by Gasteiger charge is -2.20. The summed E-state index contributed by atoms with van der Waals surface area (Å²) in [5, 5.41) is 2.76. The standard InChI is InChI=1S/C10H15N3O2/c1-3-4-7-15-9-13-6-5-12(2)10(13)8-11-14/h3-6,8H,7,9H2,1-2H3/b4-3+,10-8-. The minimum atomic E-state index is 0.409. The second-order valence-corrected chi connectivity index (χ2v) is 3.04. The van der Waals surface area contributed by atoms with Gasteiger partial charge in [0.2, 0.25) is 0 Å². The van der Waals surface area contributed by atoms with Gasteiger partial charge in [-0.05, 0) is 12.1 Å². The molecule has 0 unspecified atom stereocenters. The fraction of sp³-hybridized carbons (Fsp3) is 0.400. The lowest BCUT2D eigenvalue weighted by Crippen LogP contribution is -2.22. The predicted octanol–water partition coefficient (Wildman–Crippen LogP) is 1.82. The molecule has 5 heteroatoms. The van der Waals surface area contributed by atoms with Crippen molar-refractivity contribution in [3.05, 3.63) is 41.5 Å². The molecule has 1 aliphatic rings. The molecule has 15 heavy (non-hydrogen) atoms. The molecule has 1 aliphatic heterocycles. The van der Waals surface area contributed by atoms with E-state index in [1.165, 1.54) is 6.20 Å². The van der Waals surface area contributed by atoms with Crippen LogP contribution in [0.1, 0.15) is 6.92 Å². The highest BCUT2D eigenvalue weighted by atomic mass is 16.5. The molecule has 5 nitrogen and oxygen atoms in total. The molecule has 0 aromatic heterocycles. The molecule has 0 aromatic carbocycles. The molecule has 0 fully saturated rings. The zero-order valence-electron chi connectivity index (χ0n) is 8.96. The van der Waals surface area contributed by atoms with E-state index in [9.17, 15) is 4.91 Å². The molecule has 0 aromatic rings. The molecule has 0 saturated heterocycles. The van der Waals surface area contributed by atoms with Crippen LogP contribution in [0.25, 0.3) is 0 Å². The van der Waals surface area contributed by atoms with Crippen molar-refractivity contribution in [2.75, 3.05) is 20.4 Å². The third-order valence-corrected chi connectivity index (χ3v) is 1.97. The summed E-state index contributed by atoms with van der Waals surface area (Å²) in [6, 6.07) is 0. The highest BCUT2D eigenvalue weighted by Crippen LogP contribution is 2.17. The normalized spacial score (nSPS) is 18.4. The number of nitroso groups, excluding NO2 is 1. The molecule has 0 radical (unpaired) electrons. The van der Waals surface area contributed by atoms with Gasteiger partial charge in [-0.15, -0.1) is 4.91 Å². The Morgan fingerprint density at radius 3 is 3.00 bits per heavy atom. The SMILES string of the molecule is C/C=C/COCN1C=CN(C)/C1=C/N=O. The Labute approximate surface area is 89.3 Å². The van der Waals surface area contributed by atoms with E-state index >= 15 is 0 Å². The number of ether oxygens (including phenoxy) is 1. The largest absolute Gasteiger partial charge is 0.357 e. The van der Waals surface area contributed by atoms with Gasteiger partial charge >= 0.3 is 0 Å². The van der Waals surface area contributed by atoms with Gasteiger partial charge in [0.15, 0.2) is 0 Å². The molecule has 1 heterocycles. The van der Waals surface area contributed by atoms with Gasteiger partial charge in [0.1, 0.15) is 18.8 Å². The number of hydrogen-bond acceptors (Lipinski definition) is 5. The molecule has 0 amide bonds. The van der Waals surface area contributed by atoms with E-state index in [1.54, 1.807) is 4.90 Å². The quantitative estimate of drug-likeness (QED) is 0.393. The molecular weight excluding hydrogens is 194 g/mol. The Morgan fingerprint density at radius 1 is 1.53 bits per heavy atom. The van der Waals surface area contributed by atoms with Gasteiger partial charge in [-0.3, -0.25) is 0 Å². The Kier molecular flexibility index (Phi) is 4.56. The Balaban J connectivity index is 2.44. The fourth-order valence-corrected chi connectivity index (χ4v) is 1.17. The first-order valence-electron chi connectivity index (χ1n) is 4.69. The molecule has 0 atom stereocenters. The molecular formula is C10H15N3O2.